The first-order chi connectivity index (χ1) is 14.6. The van der Waals surface area contributed by atoms with Gasteiger partial charge in [0.25, 0.3) is 0 Å². The predicted octanol–water partition coefficient (Wildman–Crippen LogP) is 3.73. The first-order valence-electron chi connectivity index (χ1n) is 10.1. The Balaban J connectivity index is 1.30. The maximum atomic E-state index is 13.1. The van der Waals surface area contributed by atoms with Crippen molar-refractivity contribution >= 4 is 11.5 Å². The van der Waals surface area contributed by atoms with E-state index in [1.54, 1.807) is 16.8 Å². The molecule has 0 fully saturated rings. The topological polar surface area (TPSA) is 50.2 Å². The minimum absolute atomic E-state index is 0.0393. The van der Waals surface area contributed by atoms with E-state index in [0.29, 0.717) is 13.1 Å². The Morgan fingerprint density at radius 2 is 2.03 bits per heavy atom. The third-order valence-corrected chi connectivity index (χ3v) is 5.28. The zero-order valence-corrected chi connectivity index (χ0v) is 17.0. The fourth-order valence-electron chi connectivity index (χ4n) is 3.62. The molecule has 2 aromatic carbocycles. The number of nitrogens with zero attached hydrogens (tertiary/aromatic N) is 3. The highest BCUT2D eigenvalue weighted by molar-refractivity contribution is 5.78. The van der Waals surface area contributed by atoms with Crippen LogP contribution in [0.2, 0.25) is 0 Å². The number of amides is 1. The fraction of sp³-hybridized carbons (Fsp3) is 0.250. The molecule has 2 heterocycles. The maximum Gasteiger partial charge on any atom is 0.234 e. The van der Waals surface area contributed by atoms with E-state index < -0.39 is 0 Å². The van der Waals surface area contributed by atoms with Crippen LogP contribution >= 0.6 is 0 Å². The third kappa shape index (κ3) is 5.02. The number of halogens is 1. The van der Waals surface area contributed by atoms with Crippen LogP contribution in [0.1, 0.15) is 23.1 Å². The molecule has 6 heteroatoms. The van der Waals surface area contributed by atoms with Crippen LogP contribution in [0.5, 0.6) is 0 Å². The van der Waals surface area contributed by atoms with Crippen LogP contribution in [0, 0.1) is 12.7 Å². The van der Waals surface area contributed by atoms with Gasteiger partial charge < -0.3 is 5.32 Å². The lowest BCUT2D eigenvalue weighted by atomic mass is 10.0. The Morgan fingerprint density at radius 3 is 2.77 bits per heavy atom. The zero-order valence-electron chi connectivity index (χ0n) is 17.0. The van der Waals surface area contributed by atoms with Crippen molar-refractivity contribution in [2.24, 2.45) is 0 Å². The van der Waals surface area contributed by atoms with Gasteiger partial charge in [-0.2, -0.15) is 5.10 Å². The van der Waals surface area contributed by atoms with Gasteiger partial charge in [0.15, 0.2) is 0 Å². The summed E-state index contributed by atoms with van der Waals surface area (Å²) in [5.41, 5.74) is 5.41. The van der Waals surface area contributed by atoms with Gasteiger partial charge in [-0.05, 0) is 48.7 Å². The molecule has 1 aliphatic rings. The monoisotopic (exact) mass is 404 g/mol. The predicted molar refractivity (Wildman–Crippen MR) is 116 cm³/mol. The summed E-state index contributed by atoms with van der Waals surface area (Å²) < 4.78 is 14.9. The highest BCUT2D eigenvalue weighted by Crippen LogP contribution is 2.23. The summed E-state index contributed by atoms with van der Waals surface area (Å²) in [7, 11) is 0. The molecule has 1 aromatic heterocycles. The second kappa shape index (κ2) is 9.05. The number of aryl methyl sites for hydroxylation is 1. The number of nitrogens with one attached hydrogen (secondary N) is 1. The standard InChI is InChI=1S/C24H25FN4O/c1-18-3-2-4-19(13-18)14-26-24(30)17-28-11-9-20(10-12-28)21-15-27-29(16-21)23-7-5-22(25)6-8-23/h2-9,13,15-16H,10-12,14,17H2,1H3,(H,26,30). The average molecular weight is 404 g/mol. The van der Waals surface area contributed by atoms with Gasteiger partial charge in [0.1, 0.15) is 5.82 Å². The summed E-state index contributed by atoms with van der Waals surface area (Å²) in [6.07, 6.45) is 6.81. The van der Waals surface area contributed by atoms with E-state index in [4.69, 9.17) is 0 Å². The summed E-state index contributed by atoms with van der Waals surface area (Å²) >= 11 is 0. The van der Waals surface area contributed by atoms with E-state index in [-0.39, 0.29) is 11.7 Å². The van der Waals surface area contributed by atoms with Gasteiger partial charge in [-0.15, -0.1) is 0 Å². The first kappa shape index (κ1) is 20.0. The molecule has 0 saturated carbocycles. The molecule has 0 aliphatic carbocycles. The van der Waals surface area contributed by atoms with Gasteiger partial charge in [-0.1, -0.05) is 35.9 Å². The molecule has 1 aliphatic heterocycles. The van der Waals surface area contributed by atoms with Crippen molar-refractivity contribution in [3.8, 4) is 5.69 Å². The number of rotatable bonds is 6. The van der Waals surface area contributed by atoms with E-state index in [1.165, 1.54) is 23.3 Å². The molecule has 3 aromatic rings. The lowest BCUT2D eigenvalue weighted by Crippen LogP contribution is -2.39. The van der Waals surface area contributed by atoms with Gasteiger partial charge >= 0.3 is 0 Å². The van der Waals surface area contributed by atoms with Gasteiger partial charge in [-0.25, -0.2) is 9.07 Å². The number of benzene rings is 2. The molecule has 0 saturated heterocycles. The Labute approximate surface area is 175 Å². The Bertz CT molecular complexity index is 1060. The molecule has 0 atom stereocenters. The molecule has 0 unspecified atom stereocenters. The van der Waals surface area contributed by atoms with E-state index in [1.807, 2.05) is 37.5 Å². The molecule has 0 bridgehead atoms. The van der Waals surface area contributed by atoms with Crippen molar-refractivity contribution in [3.63, 3.8) is 0 Å². The smallest absolute Gasteiger partial charge is 0.234 e. The molecule has 0 radical (unpaired) electrons. The molecule has 0 spiro atoms. The zero-order chi connectivity index (χ0) is 20.9. The quantitative estimate of drug-likeness (QED) is 0.681. The Kier molecular flexibility index (Phi) is 6.05. The van der Waals surface area contributed by atoms with E-state index in [9.17, 15) is 9.18 Å². The van der Waals surface area contributed by atoms with E-state index in [0.717, 1.165) is 36.3 Å². The number of carbonyl (C=O) groups excluding carboxylic acids is 1. The molecule has 5 nitrogen and oxygen atoms in total. The van der Waals surface area contributed by atoms with Gasteiger partial charge in [0, 0.05) is 31.4 Å². The number of hydrogen-bond donors (Lipinski definition) is 1. The van der Waals surface area contributed by atoms with Crippen LogP contribution < -0.4 is 5.32 Å². The van der Waals surface area contributed by atoms with Crippen LogP contribution in [-0.4, -0.2) is 40.2 Å². The summed E-state index contributed by atoms with van der Waals surface area (Å²) in [5.74, 6) is -0.221. The molecule has 1 N–H and O–H groups in total. The molecule has 4 rings (SSSR count). The summed E-state index contributed by atoms with van der Waals surface area (Å²) in [4.78, 5) is 14.4. The van der Waals surface area contributed by atoms with Crippen LogP contribution in [0.4, 0.5) is 4.39 Å². The van der Waals surface area contributed by atoms with Crippen molar-refractivity contribution in [1.82, 2.24) is 20.0 Å². The normalized spacial score (nSPS) is 14.4. The first-order valence-corrected chi connectivity index (χ1v) is 10.1. The van der Waals surface area contributed by atoms with Crippen molar-refractivity contribution in [3.05, 3.63) is 89.5 Å². The summed E-state index contributed by atoms with van der Waals surface area (Å²) in [6, 6.07) is 14.4. The minimum atomic E-state index is -0.260. The maximum absolute atomic E-state index is 13.1. The Hall–Kier alpha value is -3.25. The van der Waals surface area contributed by atoms with Gasteiger partial charge in [0.2, 0.25) is 5.91 Å². The second-order valence-corrected chi connectivity index (χ2v) is 7.63. The summed E-state index contributed by atoms with van der Waals surface area (Å²) in [6.45, 7) is 4.55. The average Bonchev–Trinajstić information content (AvgIpc) is 3.24. The SMILES string of the molecule is Cc1cccc(CNC(=O)CN2CC=C(c3cnn(-c4ccc(F)cc4)c3)CC2)c1. The second-order valence-electron chi connectivity index (χ2n) is 7.63. The van der Waals surface area contributed by atoms with Crippen LogP contribution in [0.3, 0.4) is 0 Å². The number of hydrogen-bond acceptors (Lipinski definition) is 3. The molecule has 30 heavy (non-hydrogen) atoms. The summed E-state index contributed by atoms with van der Waals surface area (Å²) in [5, 5.41) is 7.39. The highest BCUT2D eigenvalue weighted by atomic mass is 19.1. The number of carbonyl (C=O) groups is 1. The highest BCUT2D eigenvalue weighted by Gasteiger charge is 2.16. The van der Waals surface area contributed by atoms with Crippen molar-refractivity contribution in [2.45, 2.75) is 19.9 Å². The molecule has 154 valence electrons. The number of aromatic nitrogens is 2. The van der Waals surface area contributed by atoms with E-state index in [2.05, 4.69) is 27.5 Å². The van der Waals surface area contributed by atoms with Gasteiger partial charge in [0.05, 0.1) is 18.4 Å². The lowest BCUT2D eigenvalue weighted by molar-refractivity contribution is -0.122. The van der Waals surface area contributed by atoms with Crippen LogP contribution in [0.15, 0.2) is 67.0 Å². The largest absolute Gasteiger partial charge is 0.351 e. The van der Waals surface area contributed by atoms with Crippen molar-refractivity contribution in [1.29, 1.82) is 0 Å². The van der Waals surface area contributed by atoms with Crippen molar-refractivity contribution < 1.29 is 9.18 Å². The third-order valence-electron chi connectivity index (χ3n) is 5.28. The molecular formula is C24H25FN4O. The van der Waals surface area contributed by atoms with Crippen LogP contribution in [-0.2, 0) is 11.3 Å². The van der Waals surface area contributed by atoms with Gasteiger partial charge in [-0.3, -0.25) is 9.69 Å². The molecular weight excluding hydrogens is 379 g/mol. The van der Waals surface area contributed by atoms with Crippen LogP contribution in [0.25, 0.3) is 11.3 Å². The minimum Gasteiger partial charge on any atom is -0.351 e. The molecule has 1 amide bonds. The van der Waals surface area contributed by atoms with Crippen molar-refractivity contribution in [2.75, 3.05) is 19.6 Å². The fourth-order valence-corrected chi connectivity index (χ4v) is 3.62. The van der Waals surface area contributed by atoms with E-state index >= 15 is 0 Å². The Morgan fingerprint density at radius 1 is 1.20 bits per heavy atom. The lowest BCUT2D eigenvalue weighted by Gasteiger charge is -2.25.